The molecule has 18 heavy (non-hydrogen) atoms. The third-order valence-electron chi connectivity index (χ3n) is 4.83. The zero-order chi connectivity index (χ0) is 13.2. The molecule has 1 fully saturated rings. The molecule has 1 aliphatic rings. The fourth-order valence-electron chi connectivity index (χ4n) is 3.50. The van der Waals surface area contributed by atoms with E-state index in [1.54, 1.807) is 6.26 Å². The van der Waals surface area contributed by atoms with E-state index in [2.05, 4.69) is 25.8 Å². The summed E-state index contributed by atoms with van der Waals surface area (Å²) in [5.41, 5.74) is 7.54. The van der Waals surface area contributed by atoms with E-state index in [1.807, 2.05) is 12.3 Å². The van der Waals surface area contributed by atoms with Crippen LogP contribution in [0.4, 0.5) is 0 Å². The Morgan fingerprint density at radius 3 is 2.83 bits per heavy atom. The Bertz CT molecular complexity index is 363. The summed E-state index contributed by atoms with van der Waals surface area (Å²) in [4.78, 5) is 2.44. The molecule has 3 nitrogen and oxygen atoms in total. The summed E-state index contributed by atoms with van der Waals surface area (Å²) >= 11 is 0. The largest absolute Gasteiger partial charge is 0.472 e. The normalized spacial score (nSPS) is 32.9. The second-order valence-corrected chi connectivity index (χ2v) is 6.08. The number of nitrogens with zero attached hydrogens (tertiary/aromatic N) is 1. The Morgan fingerprint density at radius 2 is 2.22 bits per heavy atom. The van der Waals surface area contributed by atoms with Crippen LogP contribution in [0.1, 0.15) is 38.7 Å². The second kappa shape index (κ2) is 5.45. The number of nitrogens with two attached hydrogens (primary N) is 1. The van der Waals surface area contributed by atoms with Gasteiger partial charge in [-0.15, -0.1) is 0 Å². The van der Waals surface area contributed by atoms with E-state index < -0.39 is 0 Å². The van der Waals surface area contributed by atoms with Gasteiger partial charge in [0.25, 0.3) is 0 Å². The van der Waals surface area contributed by atoms with Gasteiger partial charge >= 0.3 is 0 Å². The maximum Gasteiger partial charge on any atom is 0.0947 e. The summed E-state index contributed by atoms with van der Waals surface area (Å²) in [6.07, 6.45) is 7.40. The molecule has 0 radical (unpaired) electrons. The van der Waals surface area contributed by atoms with Crippen LogP contribution >= 0.6 is 0 Å². The lowest BCUT2D eigenvalue weighted by atomic mass is 9.68. The van der Waals surface area contributed by atoms with Crippen molar-refractivity contribution >= 4 is 0 Å². The molecule has 1 aromatic rings. The summed E-state index contributed by atoms with van der Waals surface area (Å²) in [7, 11) is 2.20. The lowest BCUT2D eigenvalue weighted by molar-refractivity contribution is 0.00895. The minimum absolute atomic E-state index is 0.148. The van der Waals surface area contributed by atoms with E-state index in [4.69, 9.17) is 10.2 Å². The quantitative estimate of drug-likeness (QED) is 0.893. The summed E-state index contributed by atoms with van der Waals surface area (Å²) in [5, 5.41) is 0. The molecule has 2 rings (SSSR count). The first-order chi connectivity index (χ1) is 8.58. The molecule has 3 heteroatoms. The summed E-state index contributed by atoms with van der Waals surface area (Å²) in [5.74, 6) is 1.44. The van der Waals surface area contributed by atoms with Gasteiger partial charge < -0.3 is 10.2 Å². The molecule has 0 amide bonds. The van der Waals surface area contributed by atoms with Crippen molar-refractivity contribution in [3.05, 3.63) is 24.2 Å². The molecule has 1 saturated carbocycles. The van der Waals surface area contributed by atoms with Gasteiger partial charge in [0.1, 0.15) is 0 Å². The van der Waals surface area contributed by atoms with Crippen LogP contribution in [0.5, 0.6) is 0 Å². The van der Waals surface area contributed by atoms with Crippen molar-refractivity contribution in [3.63, 3.8) is 0 Å². The molecule has 2 N–H and O–H groups in total. The molecule has 1 aromatic heterocycles. The molecule has 0 saturated heterocycles. The van der Waals surface area contributed by atoms with Gasteiger partial charge in [-0.2, -0.15) is 0 Å². The maximum absolute atomic E-state index is 6.16. The Morgan fingerprint density at radius 1 is 1.44 bits per heavy atom. The van der Waals surface area contributed by atoms with Crippen LogP contribution in [-0.2, 0) is 6.54 Å². The molecular formula is C15H26N2O. The third kappa shape index (κ3) is 2.47. The van der Waals surface area contributed by atoms with Crippen LogP contribution in [-0.4, -0.2) is 24.0 Å². The van der Waals surface area contributed by atoms with Crippen molar-refractivity contribution in [2.45, 2.75) is 45.2 Å². The van der Waals surface area contributed by atoms with Crippen molar-refractivity contribution in [3.8, 4) is 0 Å². The fourth-order valence-corrected chi connectivity index (χ4v) is 3.50. The van der Waals surface area contributed by atoms with Gasteiger partial charge in [0.05, 0.1) is 12.5 Å². The molecule has 102 valence electrons. The van der Waals surface area contributed by atoms with Crippen molar-refractivity contribution in [2.75, 3.05) is 13.6 Å². The number of furan rings is 1. The zero-order valence-corrected chi connectivity index (χ0v) is 11.9. The van der Waals surface area contributed by atoms with Gasteiger partial charge in [0, 0.05) is 24.2 Å². The molecule has 0 aliphatic heterocycles. The van der Waals surface area contributed by atoms with Crippen LogP contribution < -0.4 is 5.73 Å². The van der Waals surface area contributed by atoms with Crippen molar-refractivity contribution in [2.24, 2.45) is 17.6 Å². The van der Waals surface area contributed by atoms with Crippen LogP contribution in [0.2, 0.25) is 0 Å². The minimum atomic E-state index is 0.148. The molecule has 0 bridgehead atoms. The van der Waals surface area contributed by atoms with Crippen LogP contribution in [0.25, 0.3) is 0 Å². The highest BCUT2D eigenvalue weighted by Gasteiger charge is 2.42. The van der Waals surface area contributed by atoms with E-state index in [9.17, 15) is 0 Å². The van der Waals surface area contributed by atoms with Gasteiger partial charge in [0.2, 0.25) is 0 Å². The van der Waals surface area contributed by atoms with E-state index in [0.29, 0.717) is 5.92 Å². The highest BCUT2D eigenvalue weighted by molar-refractivity contribution is 5.08. The SMILES string of the molecule is CC1CCC(C)C(CN)(N(C)Cc2ccoc2)C1. The highest BCUT2D eigenvalue weighted by atomic mass is 16.3. The first kappa shape index (κ1) is 13.6. The van der Waals surface area contributed by atoms with Crippen LogP contribution in [0.3, 0.4) is 0 Å². The van der Waals surface area contributed by atoms with Crippen molar-refractivity contribution in [1.29, 1.82) is 0 Å². The van der Waals surface area contributed by atoms with E-state index >= 15 is 0 Å². The third-order valence-corrected chi connectivity index (χ3v) is 4.83. The number of rotatable bonds is 4. The van der Waals surface area contributed by atoms with Gasteiger partial charge in [-0.25, -0.2) is 0 Å². The molecule has 0 spiro atoms. The second-order valence-electron chi connectivity index (χ2n) is 6.08. The summed E-state index contributed by atoms with van der Waals surface area (Å²) in [6.45, 7) is 6.37. The Balaban J connectivity index is 2.14. The predicted molar refractivity (Wildman–Crippen MR) is 74.1 cm³/mol. The lowest BCUT2D eigenvalue weighted by Crippen LogP contribution is -2.58. The molecule has 1 heterocycles. The van der Waals surface area contributed by atoms with E-state index in [1.165, 1.54) is 24.8 Å². The van der Waals surface area contributed by atoms with Crippen LogP contribution in [0.15, 0.2) is 23.0 Å². The molecule has 3 unspecified atom stereocenters. The Labute approximate surface area is 110 Å². The lowest BCUT2D eigenvalue weighted by Gasteiger charge is -2.50. The van der Waals surface area contributed by atoms with Gasteiger partial charge in [-0.05, 0) is 37.8 Å². The standard InChI is InChI=1S/C15H26N2O/c1-12-4-5-13(2)15(8-12,11-16)17(3)9-14-6-7-18-10-14/h6-7,10,12-13H,4-5,8-9,11,16H2,1-3H3. The van der Waals surface area contributed by atoms with E-state index in [0.717, 1.165) is 19.0 Å². The zero-order valence-electron chi connectivity index (χ0n) is 11.9. The summed E-state index contributed by atoms with van der Waals surface area (Å²) < 4.78 is 5.16. The van der Waals surface area contributed by atoms with Gasteiger partial charge in [0.15, 0.2) is 0 Å². The Hall–Kier alpha value is -0.800. The van der Waals surface area contributed by atoms with Gasteiger partial charge in [-0.1, -0.05) is 20.3 Å². The average molecular weight is 250 g/mol. The molecular weight excluding hydrogens is 224 g/mol. The van der Waals surface area contributed by atoms with Crippen LogP contribution in [0, 0.1) is 11.8 Å². The summed E-state index contributed by atoms with van der Waals surface area (Å²) in [6, 6.07) is 2.04. The average Bonchev–Trinajstić information content (AvgIpc) is 2.85. The van der Waals surface area contributed by atoms with Crippen molar-refractivity contribution < 1.29 is 4.42 Å². The first-order valence-electron chi connectivity index (χ1n) is 7.01. The molecule has 3 atom stereocenters. The maximum atomic E-state index is 6.16. The topological polar surface area (TPSA) is 42.4 Å². The molecule has 1 aliphatic carbocycles. The predicted octanol–water partition coefficient (Wildman–Crippen LogP) is 2.87. The number of hydrogen-bond donors (Lipinski definition) is 1. The monoisotopic (exact) mass is 250 g/mol. The molecule has 0 aromatic carbocycles. The van der Waals surface area contributed by atoms with E-state index in [-0.39, 0.29) is 5.54 Å². The number of likely N-dealkylation sites (N-methyl/N-ethyl adjacent to an activating group) is 1. The Kier molecular flexibility index (Phi) is 4.13. The smallest absolute Gasteiger partial charge is 0.0947 e. The number of hydrogen-bond acceptors (Lipinski definition) is 3. The minimum Gasteiger partial charge on any atom is -0.472 e. The van der Waals surface area contributed by atoms with Crippen molar-refractivity contribution in [1.82, 2.24) is 4.90 Å². The van der Waals surface area contributed by atoms with Gasteiger partial charge in [-0.3, -0.25) is 4.90 Å². The first-order valence-corrected chi connectivity index (χ1v) is 7.01. The fraction of sp³-hybridized carbons (Fsp3) is 0.733. The highest BCUT2D eigenvalue weighted by Crippen LogP contribution is 2.40.